The fourth-order valence-electron chi connectivity index (χ4n) is 3.10. The Labute approximate surface area is 153 Å². The first-order valence-electron chi connectivity index (χ1n) is 9.09. The second kappa shape index (κ2) is 8.75. The summed E-state index contributed by atoms with van der Waals surface area (Å²) in [4.78, 5) is 15.7. The minimum atomic E-state index is -0.112. The summed E-state index contributed by atoms with van der Waals surface area (Å²) >= 11 is 0. The largest absolute Gasteiger partial charge is 0.494 e. The lowest BCUT2D eigenvalue weighted by atomic mass is 9.99. The fraction of sp³-hybridized carbons (Fsp3) is 0.556. The molecule has 1 aliphatic heterocycles. The summed E-state index contributed by atoms with van der Waals surface area (Å²) in [6, 6.07) is 7.64. The van der Waals surface area contributed by atoms with Crippen LogP contribution >= 0.6 is 0 Å². The first-order valence-corrected chi connectivity index (χ1v) is 9.09. The Balaban J connectivity index is 1.60. The van der Waals surface area contributed by atoms with Gasteiger partial charge < -0.3 is 9.47 Å². The van der Waals surface area contributed by atoms with Crippen LogP contribution in [0.1, 0.15) is 26.7 Å². The van der Waals surface area contributed by atoms with Crippen LogP contribution < -0.4 is 4.74 Å². The molecule has 1 atom stereocenters. The van der Waals surface area contributed by atoms with Gasteiger partial charge in [0, 0.05) is 18.7 Å². The van der Waals surface area contributed by atoms with Crippen molar-refractivity contribution in [2.24, 2.45) is 5.92 Å². The van der Waals surface area contributed by atoms with E-state index in [1.54, 1.807) is 4.80 Å². The zero-order valence-electron chi connectivity index (χ0n) is 15.3. The average molecular weight is 359 g/mol. The number of carbonyl (C=O) groups excluding carboxylic acids is 1. The first kappa shape index (κ1) is 18.3. The minimum absolute atomic E-state index is 0.0715. The molecule has 0 radical (unpaired) electrons. The summed E-state index contributed by atoms with van der Waals surface area (Å²) in [5, 5.41) is 12.7. The number of rotatable bonds is 7. The van der Waals surface area contributed by atoms with Crippen molar-refractivity contribution in [2.75, 3.05) is 26.3 Å². The molecule has 0 amide bonds. The minimum Gasteiger partial charge on any atom is -0.494 e. The Bertz CT molecular complexity index is 716. The standard InChI is InChI=1S/C18H25N5O3/c1-3-25-16-9-7-14(8-10-16)17-19-21-23(20-17)13-22-11-5-6-15(12-22)18(24)26-4-2/h7-10,15H,3-6,11-13H2,1-2H3. The molecule has 0 saturated carbocycles. The molecule has 0 aliphatic carbocycles. The third-order valence-corrected chi connectivity index (χ3v) is 4.33. The number of esters is 1. The van der Waals surface area contributed by atoms with Crippen molar-refractivity contribution in [3.05, 3.63) is 24.3 Å². The van der Waals surface area contributed by atoms with Crippen LogP contribution in [-0.4, -0.2) is 57.4 Å². The second-order valence-electron chi connectivity index (χ2n) is 6.25. The lowest BCUT2D eigenvalue weighted by Crippen LogP contribution is -2.40. The number of ether oxygens (including phenoxy) is 2. The number of carbonyl (C=O) groups is 1. The van der Waals surface area contributed by atoms with Gasteiger partial charge in [0.15, 0.2) is 0 Å². The second-order valence-corrected chi connectivity index (χ2v) is 6.25. The van der Waals surface area contributed by atoms with E-state index in [2.05, 4.69) is 20.3 Å². The topological polar surface area (TPSA) is 82.4 Å². The summed E-state index contributed by atoms with van der Waals surface area (Å²) in [6.45, 7) is 6.94. The summed E-state index contributed by atoms with van der Waals surface area (Å²) in [6.07, 6.45) is 1.83. The number of hydrogen-bond donors (Lipinski definition) is 0. The van der Waals surface area contributed by atoms with Crippen LogP contribution in [0.15, 0.2) is 24.3 Å². The average Bonchev–Trinajstić information content (AvgIpc) is 3.11. The smallest absolute Gasteiger partial charge is 0.310 e. The molecule has 0 bridgehead atoms. The summed E-state index contributed by atoms with van der Waals surface area (Å²) < 4.78 is 10.6. The van der Waals surface area contributed by atoms with Crippen LogP contribution in [-0.2, 0) is 16.2 Å². The van der Waals surface area contributed by atoms with Crippen molar-refractivity contribution >= 4 is 5.97 Å². The number of hydrogen-bond acceptors (Lipinski definition) is 7. The monoisotopic (exact) mass is 359 g/mol. The molecule has 0 spiro atoms. The summed E-state index contributed by atoms with van der Waals surface area (Å²) in [5.74, 6) is 1.21. The molecule has 1 aliphatic rings. The van der Waals surface area contributed by atoms with Crippen molar-refractivity contribution in [3.8, 4) is 17.1 Å². The Morgan fingerprint density at radius 2 is 2.04 bits per heavy atom. The van der Waals surface area contributed by atoms with Gasteiger partial charge in [-0.2, -0.15) is 0 Å². The van der Waals surface area contributed by atoms with Gasteiger partial charge in [0.25, 0.3) is 0 Å². The molecule has 1 unspecified atom stereocenters. The van der Waals surface area contributed by atoms with Gasteiger partial charge in [0.05, 0.1) is 19.1 Å². The molecule has 3 rings (SSSR count). The highest BCUT2D eigenvalue weighted by Crippen LogP contribution is 2.20. The van der Waals surface area contributed by atoms with Gasteiger partial charge in [-0.1, -0.05) is 0 Å². The van der Waals surface area contributed by atoms with Crippen molar-refractivity contribution in [1.29, 1.82) is 0 Å². The lowest BCUT2D eigenvalue weighted by Gasteiger charge is -2.30. The van der Waals surface area contributed by atoms with Crippen LogP contribution in [0.3, 0.4) is 0 Å². The zero-order chi connectivity index (χ0) is 18.4. The van der Waals surface area contributed by atoms with Gasteiger partial charge in [-0.3, -0.25) is 9.69 Å². The molecule has 1 fully saturated rings. The molecule has 1 saturated heterocycles. The molecule has 8 nitrogen and oxygen atoms in total. The molecule has 0 N–H and O–H groups in total. The summed E-state index contributed by atoms with van der Waals surface area (Å²) in [7, 11) is 0. The van der Waals surface area contributed by atoms with Crippen LogP contribution in [0.25, 0.3) is 11.4 Å². The Morgan fingerprint density at radius 3 is 2.77 bits per heavy atom. The normalized spacial score (nSPS) is 17.8. The van der Waals surface area contributed by atoms with E-state index in [0.717, 1.165) is 30.7 Å². The van der Waals surface area contributed by atoms with Gasteiger partial charge in [0.2, 0.25) is 5.82 Å². The van der Waals surface area contributed by atoms with Crippen molar-refractivity contribution in [3.63, 3.8) is 0 Å². The molecule has 2 heterocycles. The Morgan fingerprint density at radius 1 is 1.23 bits per heavy atom. The van der Waals surface area contributed by atoms with E-state index in [1.165, 1.54) is 0 Å². The van der Waals surface area contributed by atoms with Gasteiger partial charge in [-0.05, 0) is 56.2 Å². The zero-order valence-corrected chi connectivity index (χ0v) is 15.3. The first-order chi connectivity index (χ1) is 12.7. The highest BCUT2D eigenvalue weighted by Gasteiger charge is 2.27. The number of likely N-dealkylation sites (tertiary alicyclic amines) is 1. The predicted molar refractivity (Wildman–Crippen MR) is 95.4 cm³/mol. The number of benzene rings is 1. The van der Waals surface area contributed by atoms with E-state index in [4.69, 9.17) is 9.47 Å². The van der Waals surface area contributed by atoms with E-state index >= 15 is 0 Å². The van der Waals surface area contributed by atoms with E-state index in [1.807, 2.05) is 38.1 Å². The number of tetrazole rings is 1. The van der Waals surface area contributed by atoms with Crippen molar-refractivity contribution < 1.29 is 14.3 Å². The number of piperidine rings is 1. The predicted octanol–water partition coefficient (Wildman–Crippen LogP) is 1.97. The third kappa shape index (κ3) is 4.57. The van der Waals surface area contributed by atoms with E-state index in [9.17, 15) is 4.79 Å². The van der Waals surface area contributed by atoms with E-state index < -0.39 is 0 Å². The van der Waals surface area contributed by atoms with Crippen LogP contribution in [0, 0.1) is 5.92 Å². The number of nitrogens with zero attached hydrogens (tertiary/aromatic N) is 5. The van der Waals surface area contributed by atoms with Gasteiger partial charge in [-0.25, -0.2) is 0 Å². The van der Waals surface area contributed by atoms with Crippen LogP contribution in [0.4, 0.5) is 0 Å². The SMILES string of the molecule is CCOC(=O)C1CCCN(Cn2nnc(-c3ccc(OCC)cc3)n2)C1. The third-order valence-electron chi connectivity index (χ3n) is 4.33. The molecular formula is C18H25N5O3. The highest BCUT2D eigenvalue weighted by atomic mass is 16.5. The van der Waals surface area contributed by atoms with Crippen molar-refractivity contribution in [2.45, 2.75) is 33.4 Å². The highest BCUT2D eigenvalue weighted by molar-refractivity contribution is 5.72. The molecule has 2 aromatic rings. The van der Waals surface area contributed by atoms with Crippen LogP contribution in [0.5, 0.6) is 5.75 Å². The van der Waals surface area contributed by atoms with Crippen LogP contribution in [0.2, 0.25) is 0 Å². The molecular weight excluding hydrogens is 334 g/mol. The van der Waals surface area contributed by atoms with E-state index in [-0.39, 0.29) is 11.9 Å². The maximum atomic E-state index is 11.9. The maximum Gasteiger partial charge on any atom is 0.310 e. The van der Waals surface area contributed by atoms with Gasteiger partial charge in [0.1, 0.15) is 12.4 Å². The van der Waals surface area contributed by atoms with Crippen molar-refractivity contribution in [1.82, 2.24) is 25.1 Å². The fourth-order valence-corrected chi connectivity index (χ4v) is 3.10. The Kier molecular flexibility index (Phi) is 6.17. The lowest BCUT2D eigenvalue weighted by molar-refractivity contribution is -0.150. The molecule has 140 valence electrons. The number of aromatic nitrogens is 4. The van der Waals surface area contributed by atoms with E-state index in [0.29, 0.717) is 32.3 Å². The van der Waals surface area contributed by atoms with Gasteiger partial charge in [-0.15, -0.1) is 15.0 Å². The quantitative estimate of drug-likeness (QED) is 0.699. The Hall–Kier alpha value is -2.48. The maximum absolute atomic E-state index is 11.9. The van der Waals surface area contributed by atoms with Gasteiger partial charge >= 0.3 is 5.97 Å². The molecule has 8 heteroatoms. The molecule has 1 aromatic carbocycles. The summed E-state index contributed by atoms with van der Waals surface area (Å²) in [5.41, 5.74) is 0.891. The molecule has 26 heavy (non-hydrogen) atoms. The molecule has 1 aromatic heterocycles.